The quantitative estimate of drug-likeness (QED) is 0.891. The lowest BCUT2D eigenvalue weighted by molar-refractivity contribution is -0.121. The molecule has 2 rings (SSSR count). The van der Waals surface area contributed by atoms with Crippen LogP contribution in [-0.4, -0.2) is 25.0 Å². The second-order valence-corrected chi connectivity index (χ2v) is 5.67. The zero-order valence-corrected chi connectivity index (χ0v) is 13.4. The van der Waals surface area contributed by atoms with Crippen molar-refractivity contribution in [2.24, 2.45) is 0 Å². The Kier molecular flexibility index (Phi) is 5.53. The first-order valence-corrected chi connectivity index (χ1v) is 7.50. The molecule has 4 nitrogen and oxygen atoms in total. The average molecular weight is 297 g/mol. The van der Waals surface area contributed by atoms with Crippen LogP contribution in [0.3, 0.4) is 0 Å². The number of anilines is 1. The van der Waals surface area contributed by atoms with Gasteiger partial charge in [0.25, 0.3) is 0 Å². The highest BCUT2D eigenvalue weighted by atomic mass is 16.1. The first-order chi connectivity index (χ1) is 10.6. The Hall–Kier alpha value is -2.36. The van der Waals surface area contributed by atoms with Gasteiger partial charge < -0.3 is 10.2 Å². The van der Waals surface area contributed by atoms with Crippen molar-refractivity contribution >= 4 is 11.7 Å². The van der Waals surface area contributed by atoms with Gasteiger partial charge in [-0.2, -0.15) is 0 Å². The second kappa shape index (κ2) is 7.59. The second-order valence-electron chi connectivity index (χ2n) is 5.67. The van der Waals surface area contributed by atoms with E-state index < -0.39 is 0 Å². The van der Waals surface area contributed by atoms with Gasteiger partial charge in [-0.1, -0.05) is 43.3 Å². The molecule has 0 aliphatic carbocycles. The van der Waals surface area contributed by atoms with E-state index in [4.69, 9.17) is 0 Å². The summed E-state index contributed by atoms with van der Waals surface area (Å²) >= 11 is 0. The Morgan fingerprint density at radius 2 is 1.91 bits per heavy atom. The molecule has 0 unspecified atom stereocenters. The number of nitrogens with one attached hydrogen (secondary N) is 1. The molecule has 4 heteroatoms. The molecule has 0 fully saturated rings. The predicted octanol–water partition coefficient (Wildman–Crippen LogP) is 2.96. The van der Waals surface area contributed by atoms with Crippen molar-refractivity contribution in [3.05, 3.63) is 59.8 Å². The number of nitrogens with zero attached hydrogens (tertiary/aromatic N) is 2. The molecule has 116 valence electrons. The normalized spacial score (nSPS) is 11.8. The Labute approximate surface area is 132 Å². The smallest absolute Gasteiger partial charge is 0.220 e. The molecule has 0 spiro atoms. The molecule has 1 aromatic heterocycles. The first-order valence-electron chi connectivity index (χ1n) is 7.50. The highest BCUT2D eigenvalue weighted by Gasteiger charge is 2.12. The van der Waals surface area contributed by atoms with Gasteiger partial charge in [0.2, 0.25) is 5.91 Å². The Bertz CT molecular complexity index is 611. The molecule has 0 bridgehead atoms. The SMILES string of the molecule is C[C@H](CC(=O)NCc1cccnc1N(C)C)c1ccccc1. The Morgan fingerprint density at radius 3 is 2.59 bits per heavy atom. The summed E-state index contributed by atoms with van der Waals surface area (Å²) in [4.78, 5) is 18.4. The van der Waals surface area contributed by atoms with Crippen molar-refractivity contribution in [2.75, 3.05) is 19.0 Å². The fourth-order valence-corrected chi connectivity index (χ4v) is 2.41. The van der Waals surface area contributed by atoms with E-state index in [-0.39, 0.29) is 11.8 Å². The average Bonchev–Trinajstić information content (AvgIpc) is 2.54. The maximum Gasteiger partial charge on any atom is 0.220 e. The topological polar surface area (TPSA) is 45.2 Å². The molecule has 0 saturated heterocycles. The third-order valence-electron chi connectivity index (χ3n) is 3.63. The van der Waals surface area contributed by atoms with E-state index in [1.807, 2.05) is 49.3 Å². The van der Waals surface area contributed by atoms with E-state index in [1.165, 1.54) is 5.56 Å². The minimum atomic E-state index is 0.0601. The predicted molar refractivity (Wildman–Crippen MR) is 89.9 cm³/mol. The van der Waals surface area contributed by atoms with Crippen LogP contribution in [0, 0.1) is 0 Å². The molecule has 1 N–H and O–H groups in total. The van der Waals surface area contributed by atoms with Gasteiger partial charge in [-0.3, -0.25) is 4.79 Å². The lowest BCUT2D eigenvalue weighted by Gasteiger charge is -2.17. The summed E-state index contributed by atoms with van der Waals surface area (Å²) in [5, 5.41) is 2.99. The number of carbonyl (C=O) groups excluding carboxylic acids is 1. The molecular formula is C18H23N3O. The minimum Gasteiger partial charge on any atom is -0.362 e. The summed E-state index contributed by atoms with van der Waals surface area (Å²) in [6, 6.07) is 14.0. The van der Waals surface area contributed by atoms with Crippen LogP contribution in [0.2, 0.25) is 0 Å². The first kappa shape index (κ1) is 16.0. The maximum atomic E-state index is 12.1. The van der Waals surface area contributed by atoms with Crippen molar-refractivity contribution in [2.45, 2.75) is 25.8 Å². The summed E-state index contributed by atoms with van der Waals surface area (Å²) < 4.78 is 0. The summed E-state index contributed by atoms with van der Waals surface area (Å²) in [6.45, 7) is 2.58. The maximum absolute atomic E-state index is 12.1. The number of aromatic nitrogens is 1. The molecule has 0 aliphatic heterocycles. The lowest BCUT2D eigenvalue weighted by atomic mass is 9.97. The van der Waals surface area contributed by atoms with Crippen LogP contribution < -0.4 is 10.2 Å². The zero-order valence-electron chi connectivity index (χ0n) is 13.4. The number of hydrogen-bond donors (Lipinski definition) is 1. The minimum absolute atomic E-state index is 0.0601. The Balaban J connectivity index is 1.91. The molecule has 1 atom stereocenters. The fourth-order valence-electron chi connectivity index (χ4n) is 2.41. The summed E-state index contributed by atoms with van der Waals surface area (Å²) in [7, 11) is 3.90. The molecule has 0 aliphatic rings. The lowest BCUT2D eigenvalue weighted by Crippen LogP contribution is -2.25. The molecule has 2 aromatic rings. The van der Waals surface area contributed by atoms with Crippen LogP contribution in [0.5, 0.6) is 0 Å². The number of benzene rings is 1. The molecule has 0 saturated carbocycles. The van der Waals surface area contributed by atoms with E-state index in [1.54, 1.807) is 6.20 Å². The van der Waals surface area contributed by atoms with Crippen LogP contribution in [0.25, 0.3) is 0 Å². The van der Waals surface area contributed by atoms with Crippen LogP contribution in [-0.2, 0) is 11.3 Å². The summed E-state index contributed by atoms with van der Waals surface area (Å²) in [6.07, 6.45) is 2.25. The van der Waals surface area contributed by atoms with E-state index >= 15 is 0 Å². The number of rotatable bonds is 6. The van der Waals surface area contributed by atoms with Gasteiger partial charge in [0.05, 0.1) is 0 Å². The van der Waals surface area contributed by atoms with E-state index in [0.717, 1.165) is 11.4 Å². The molecule has 1 heterocycles. The fraction of sp³-hybridized carbons (Fsp3) is 0.333. The number of pyridine rings is 1. The number of hydrogen-bond acceptors (Lipinski definition) is 3. The van der Waals surface area contributed by atoms with E-state index in [0.29, 0.717) is 13.0 Å². The van der Waals surface area contributed by atoms with Crippen molar-refractivity contribution in [3.63, 3.8) is 0 Å². The van der Waals surface area contributed by atoms with Crippen molar-refractivity contribution < 1.29 is 4.79 Å². The van der Waals surface area contributed by atoms with Crippen molar-refractivity contribution in [1.29, 1.82) is 0 Å². The third-order valence-corrected chi connectivity index (χ3v) is 3.63. The largest absolute Gasteiger partial charge is 0.362 e. The third kappa shape index (κ3) is 4.32. The van der Waals surface area contributed by atoms with Crippen LogP contribution in [0.15, 0.2) is 48.7 Å². The number of carbonyl (C=O) groups is 1. The monoisotopic (exact) mass is 297 g/mol. The molecule has 1 aromatic carbocycles. The number of amides is 1. The van der Waals surface area contributed by atoms with Crippen LogP contribution >= 0.6 is 0 Å². The summed E-state index contributed by atoms with van der Waals surface area (Å²) in [5.74, 6) is 1.16. The van der Waals surface area contributed by atoms with Gasteiger partial charge in [-0.15, -0.1) is 0 Å². The van der Waals surface area contributed by atoms with Gasteiger partial charge in [0, 0.05) is 38.8 Å². The van der Waals surface area contributed by atoms with E-state index in [2.05, 4.69) is 29.4 Å². The van der Waals surface area contributed by atoms with Gasteiger partial charge in [-0.25, -0.2) is 4.98 Å². The van der Waals surface area contributed by atoms with Crippen LogP contribution in [0.4, 0.5) is 5.82 Å². The molecule has 22 heavy (non-hydrogen) atoms. The molecule has 1 amide bonds. The van der Waals surface area contributed by atoms with Gasteiger partial charge in [0.1, 0.15) is 5.82 Å². The van der Waals surface area contributed by atoms with Gasteiger partial charge >= 0.3 is 0 Å². The Morgan fingerprint density at radius 1 is 1.18 bits per heavy atom. The standard InChI is InChI=1S/C18H23N3O/c1-14(15-8-5-4-6-9-15)12-17(22)20-13-16-10-7-11-19-18(16)21(2)3/h4-11,14H,12-13H2,1-3H3,(H,20,22)/t14-/m1/s1. The highest BCUT2D eigenvalue weighted by Crippen LogP contribution is 2.18. The molecule has 0 radical (unpaired) electrons. The van der Waals surface area contributed by atoms with Crippen LogP contribution in [0.1, 0.15) is 30.4 Å². The van der Waals surface area contributed by atoms with Crippen molar-refractivity contribution in [3.8, 4) is 0 Å². The highest BCUT2D eigenvalue weighted by molar-refractivity contribution is 5.77. The van der Waals surface area contributed by atoms with Crippen molar-refractivity contribution in [1.82, 2.24) is 10.3 Å². The van der Waals surface area contributed by atoms with E-state index in [9.17, 15) is 4.79 Å². The molecular weight excluding hydrogens is 274 g/mol. The van der Waals surface area contributed by atoms with Gasteiger partial charge in [0.15, 0.2) is 0 Å². The van der Waals surface area contributed by atoms with Gasteiger partial charge in [-0.05, 0) is 17.5 Å². The summed E-state index contributed by atoms with van der Waals surface area (Å²) in [5.41, 5.74) is 2.21. The zero-order chi connectivity index (χ0) is 15.9.